The molecule has 0 bridgehead atoms. The van der Waals surface area contributed by atoms with E-state index in [4.69, 9.17) is 11.1 Å². The largest absolute Gasteiger partial charge is 0.398 e. The summed E-state index contributed by atoms with van der Waals surface area (Å²) in [6.07, 6.45) is 4.89. The van der Waals surface area contributed by atoms with Crippen LogP contribution < -0.4 is 10.6 Å². The smallest absolute Gasteiger partial charge is 0.251 e. The Kier molecular flexibility index (Phi) is 4.77. The lowest BCUT2D eigenvalue weighted by molar-refractivity contribution is -0.0221. The maximum absolute atomic E-state index is 13.4. The van der Waals surface area contributed by atoms with Crippen LogP contribution in [0, 0.1) is 5.41 Å². The van der Waals surface area contributed by atoms with Crippen LogP contribution >= 0.6 is 0 Å². The predicted molar refractivity (Wildman–Crippen MR) is 110 cm³/mol. The van der Waals surface area contributed by atoms with Gasteiger partial charge in [0.05, 0.1) is 11.9 Å². The number of piperidine rings is 1. The molecule has 8 heteroatoms. The number of hydrogen-bond acceptors (Lipinski definition) is 5. The Balaban J connectivity index is 1.62. The van der Waals surface area contributed by atoms with Gasteiger partial charge in [0.25, 0.3) is 5.92 Å². The number of halogens is 2. The molecular weight excluding hydrogens is 374 g/mol. The fraction of sp³-hybridized carbons (Fsp3) is 0.286. The van der Waals surface area contributed by atoms with E-state index in [-0.39, 0.29) is 31.6 Å². The minimum Gasteiger partial charge on any atom is -0.398 e. The van der Waals surface area contributed by atoms with Crippen LogP contribution in [-0.2, 0) is 7.05 Å². The number of pyridine rings is 1. The van der Waals surface area contributed by atoms with Crippen LogP contribution in [0.15, 0.2) is 48.9 Å². The number of aromatic nitrogens is 3. The Bertz CT molecular complexity index is 1050. The van der Waals surface area contributed by atoms with Gasteiger partial charge in [-0.25, -0.2) is 13.8 Å². The Hall–Kier alpha value is -3.29. The maximum Gasteiger partial charge on any atom is 0.251 e. The molecule has 3 aromatic rings. The highest BCUT2D eigenvalue weighted by atomic mass is 19.3. The summed E-state index contributed by atoms with van der Waals surface area (Å²) in [6.45, 7) is 0.491. The minimum absolute atomic E-state index is 0.184. The van der Waals surface area contributed by atoms with Crippen molar-refractivity contribution in [2.75, 3.05) is 23.7 Å². The van der Waals surface area contributed by atoms with E-state index in [1.807, 2.05) is 30.3 Å². The van der Waals surface area contributed by atoms with E-state index in [2.05, 4.69) is 10.1 Å². The summed E-state index contributed by atoms with van der Waals surface area (Å²) < 4.78 is 28.6. The van der Waals surface area contributed by atoms with Crippen LogP contribution in [-0.4, -0.2) is 39.5 Å². The number of aryl methyl sites for hydroxylation is 1. The maximum atomic E-state index is 13.4. The summed E-state index contributed by atoms with van der Waals surface area (Å²) in [7, 11) is 1.85. The van der Waals surface area contributed by atoms with Gasteiger partial charge in [0.15, 0.2) is 0 Å². The summed E-state index contributed by atoms with van der Waals surface area (Å²) in [5.74, 6) is -2.01. The molecule has 1 saturated heterocycles. The second kappa shape index (κ2) is 7.27. The van der Waals surface area contributed by atoms with Crippen molar-refractivity contribution in [2.24, 2.45) is 7.05 Å². The monoisotopic (exact) mass is 396 g/mol. The lowest BCUT2D eigenvalue weighted by atomic mass is 9.97. The highest BCUT2D eigenvalue weighted by Gasteiger charge is 2.34. The average molecular weight is 396 g/mol. The molecule has 6 nitrogen and oxygen atoms in total. The van der Waals surface area contributed by atoms with E-state index in [1.165, 1.54) is 0 Å². The molecule has 1 aromatic carbocycles. The fourth-order valence-electron chi connectivity index (χ4n) is 3.49. The van der Waals surface area contributed by atoms with Crippen LogP contribution in [0.2, 0.25) is 0 Å². The van der Waals surface area contributed by atoms with Gasteiger partial charge in [-0.3, -0.25) is 10.1 Å². The third-order valence-corrected chi connectivity index (χ3v) is 5.21. The summed E-state index contributed by atoms with van der Waals surface area (Å²) in [6, 6.07) is 9.05. The van der Waals surface area contributed by atoms with E-state index in [9.17, 15) is 8.78 Å². The molecule has 0 amide bonds. The van der Waals surface area contributed by atoms with Gasteiger partial charge in [0.1, 0.15) is 5.82 Å². The normalized spacial score (nSPS) is 16.0. The number of nitrogen functional groups attached to an aromatic ring is 1. The lowest BCUT2D eigenvalue weighted by Gasteiger charge is -2.32. The van der Waals surface area contributed by atoms with E-state index in [0.717, 1.165) is 11.1 Å². The molecule has 1 fully saturated rings. The molecule has 0 atom stereocenters. The number of alkyl halides is 2. The molecule has 3 N–H and O–H groups in total. The van der Waals surface area contributed by atoms with Crippen molar-refractivity contribution in [3.8, 4) is 11.1 Å². The molecule has 0 unspecified atom stereocenters. The Morgan fingerprint density at radius 3 is 2.59 bits per heavy atom. The highest BCUT2D eigenvalue weighted by Crippen LogP contribution is 2.30. The number of nitrogens with zero attached hydrogens (tertiary/aromatic N) is 4. The molecule has 3 heterocycles. The first-order chi connectivity index (χ1) is 13.8. The molecule has 0 radical (unpaired) electrons. The zero-order valence-corrected chi connectivity index (χ0v) is 16.1. The van der Waals surface area contributed by atoms with Gasteiger partial charge >= 0.3 is 0 Å². The number of nitrogens with two attached hydrogens (primary N) is 1. The summed E-state index contributed by atoms with van der Waals surface area (Å²) in [5.41, 5.74) is 10.0. The Labute approximate surface area is 167 Å². The zero-order chi connectivity index (χ0) is 20.6. The molecule has 4 rings (SSSR count). The van der Waals surface area contributed by atoms with Crippen molar-refractivity contribution in [3.63, 3.8) is 0 Å². The standard InChI is InChI=1S/C21H22F2N6/c1-28-13-16(12-27-28)14-2-3-18(24)17(10-14)20(25)15-4-7-26-19(11-15)29-8-5-21(22,23)6-9-29/h2-4,7,10-13,25H,5-6,8-9,24H2,1H3. The van der Waals surface area contributed by atoms with Gasteiger partial charge in [-0.15, -0.1) is 0 Å². The van der Waals surface area contributed by atoms with E-state index < -0.39 is 5.92 Å². The van der Waals surface area contributed by atoms with Crippen molar-refractivity contribution in [2.45, 2.75) is 18.8 Å². The summed E-state index contributed by atoms with van der Waals surface area (Å²) >= 11 is 0. The molecule has 29 heavy (non-hydrogen) atoms. The third-order valence-electron chi connectivity index (χ3n) is 5.21. The van der Waals surface area contributed by atoms with Crippen LogP contribution in [0.5, 0.6) is 0 Å². The molecule has 1 aliphatic heterocycles. The number of nitrogens with one attached hydrogen (secondary N) is 1. The second-order valence-corrected chi connectivity index (χ2v) is 7.33. The first kappa shape index (κ1) is 19.0. The minimum atomic E-state index is -2.61. The van der Waals surface area contributed by atoms with Crippen molar-refractivity contribution in [3.05, 3.63) is 60.0 Å². The highest BCUT2D eigenvalue weighted by molar-refractivity contribution is 6.14. The molecule has 0 spiro atoms. The number of rotatable bonds is 4. The Morgan fingerprint density at radius 1 is 1.14 bits per heavy atom. The third kappa shape index (κ3) is 3.96. The fourth-order valence-corrected chi connectivity index (χ4v) is 3.49. The molecule has 1 aliphatic rings. The first-order valence-electron chi connectivity index (χ1n) is 9.39. The van der Waals surface area contributed by atoms with Gasteiger partial charge < -0.3 is 10.6 Å². The van der Waals surface area contributed by atoms with Crippen LogP contribution in [0.3, 0.4) is 0 Å². The van der Waals surface area contributed by atoms with Crippen molar-refractivity contribution >= 4 is 17.2 Å². The summed E-state index contributed by atoms with van der Waals surface area (Å²) in [4.78, 5) is 6.16. The topological polar surface area (TPSA) is 83.8 Å². The van der Waals surface area contributed by atoms with Crippen molar-refractivity contribution < 1.29 is 8.78 Å². The average Bonchev–Trinajstić information content (AvgIpc) is 3.14. The molecular formula is C21H22F2N6. The number of benzene rings is 1. The van der Waals surface area contributed by atoms with Gasteiger partial charge in [-0.2, -0.15) is 5.10 Å². The molecule has 150 valence electrons. The SMILES string of the molecule is Cn1cc(-c2ccc(N)c(C(=N)c3ccnc(N4CCC(F)(F)CC4)c3)c2)cn1. The second-order valence-electron chi connectivity index (χ2n) is 7.33. The lowest BCUT2D eigenvalue weighted by Crippen LogP contribution is -2.39. The predicted octanol–water partition coefficient (Wildman–Crippen LogP) is 3.72. The van der Waals surface area contributed by atoms with Crippen LogP contribution in [0.25, 0.3) is 11.1 Å². The summed E-state index contributed by atoms with van der Waals surface area (Å²) in [5, 5.41) is 12.9. The van der Waals surface area contributed by atoms with E-state index in [0.29, 0.717) is 22.6 Å². The molecule has 0 saturated carbocycles. The van der Waals surface area contributed by atoms with Crippen LogP contribution in [0.1, 0.15) is 24.0 Å². The first-order valence-corrected chi connectivity index (χ1v) is 9.39. The van der Waals surface area contributed by atoms with Gasteiger partial charge in [0, 0.05) is 67.8 Å². The van der Waals surface area contributed by atoms with Crippen molar-refractivity contribution in [1.29, 1.82) is 5.41 Å². The molecule has 0 aliphatic carbocycles. The van der Waals surface area contributed by atoms with E-state index in [1.54, 1.807) is 35.3 Å². The van der Waals surface area contributed by atoms with Gasteiger partial charge in [0.2, 0.25) is 0 Å². The zero-order valence-electron chi connectivity index (χ0n) is 16.1. The van der Waals surface area contributed by atoms with Crippen molar-refractivity contribution in [1.82, 2.24) is 14.8 Å². The van der Waals surface area contributed by atoms with E-state index >= 15 is 0 Å². The number of anilines is 2. The van der Waals surface area contributed by atoms with Gasteiger partial charge in [-0.1, -0.05) is 6.07 Å². The van der Waals surface area contributed by atoms with Gasteiger partial charge in [-0.05, 0) is 29.8 Å². The number of hydrogen-bond donors (Lipinski definition) is 2. The molecule has 2 aromatic heterocycles. The van der Waals surface area contributed by atoms with Crippen LogP contribution in [0.4, 0.5) is 20.3 Å². The Morgan fingerprint density at radius 2 is 1.90 bits per heavy atom. The quantitative estimate of drug-likeness (QED) is 0.520.